The number of carbonyl (C=O) groups excluding carboxylic acids is 1. The maximum absolute atomic E-state index is 12.9. The summed E-state index contributed by atoms with van der Waals surface area (Å²) in [4.78, 5) is 25.9. The summed E-state index contributed by atoms with van der Waals surface area (Å²) in [5.41, 5.74) is 2.64. The lowest BCUT2D eigenvalue weighted by Crippen LogP contribution is -2.54. The van der Waals surface area contributed by atoms with Crippen LogP contribution >= 0.6 is 0 Å². The van der Waals surface area contributed by atoms with E-state index in [0.717, 1.165) is 24.5 Å². The Balaban J connectivity index is 1.71. The van der Waals surface area contributed by atoms with Gasteiger partial charge in [0.1, 0.15) is 0 Å². The molecule has 3 rings (SSSR count). The van der Waals surface area contributed by atoms with E-state index in [1.165, 1.54) is 0 Å². The van der Waals surface area contributed by atoms with E-state index < -0.39 is 0 Å². The Hall–Kier alpha value is -2.25. The number of rotatable bonds is 6. The highest BCUT2D eigenvalue weighted by atomic mass is 16.4. The van der Waals surface area contributed by atoms with Crippen LogP contribution in [-0.2, 0) is 13.0 Å². The molecule has 1 aliphatic rings. The summed E-state index contributed by atoms with van der Waals surface area (Å²) in [7, 11) is 0. The molecular formula is C20H28N4O3. The Morgan fingerprint density at radius 3 is 2.78 bits per heavy atom. The fraction of sp³-hybridized carbons (Fsp3) is 0.550. The van der Waals surface area contributed by atoms with E-state index in [-0.39, 0.29) is 18.6 Å². The normalized spacial score (nSPS) is 18.1. The van der Waals surface area contributed by atoms with Gasteiger partial charge in [0.15, 0.2) is 5.89 Å². The zero-order valence-corrected chi connectivity index (χ0v) is 16.3. The zero-order chi connectivity index (χ0) is 19.4. The lowest BCUT2D eigenvalue weighted by Gasteiger charge is -2.41. The summed E-state index contributed by atoms with van der Waals surface area (Å²) in [6.45, 7) is 8.47. The third kappa shape index (κ3) is 4.54. The van der Waals surface area contributed by atoms with Crippen molar-refractivity contribution in [2.24, 2.45) is 0 Å². The highest BCUT2D eigenvalue weighted by Crippen LogP contribution is 2.20. The lowest BCUT2D eigenvalue weighted by molar-refractivity contribution is 0.0366. The quantitative estimate of drug-likeness (QED) is 0.835. The van der Waals surface area contributed by atoms with Crippen LogP contribution in [-0.4, -0.2) is 63.1 Å². The topological polar surface area (TPSA) is 82.7 Å². The largest absolute Gasteiger partial charge is 0.435 e. The van der Waals surface area contributed by atoms with Crippen molar-refractivity contribution in [1.82, 2.24) is 19.8 Å². The monoisotopic (exact) mass is 372 g/mol. The van der Waals surface area contributed by atoms with Crippen molar-refractivity contribution in [2.45, 2.75) is 46.2 Å². The van der Waals surface area contributed by atoms with Crippen LogP contribution in [0.15, 0.2) is 22.6 Å². The van der Waals surface area contributed by atoms with Crippen LogP contribution < -0.4 is 0 Å². The predicted octanol–water partition coefficient (Wildman–Crippen LogP) is 1.96. The third-order valence-corrected chi connectivity index (χ3v) is 5.00. The van der Waals surface area contributed by atoms with Gasteiger partial charge in [0.25, 0.3) is 5.91 Å². The summed E-state index contributed by atoms with van der Waals surface area (Å²) in [6.07, 6.45) is 1.28. The second kappa shape index (κ2) is 8.63. The van der Waals surface area contributed by atoms with Crippen molar-refractivity contribution >= 4 is 5.91 Å². The average Bonchev–Trinajstić information content (AvgIpc) is 3.04. The SMILES string of the molecule is CCc1nc(C)c(C(=O)N2CCN(Cc3cccc(C)n3)C(CCO)C2)o1. The number of piperazine rings is 1. The smallest absolute Gasteiger partial charge is 0.291 e. The number of pyridine rings is 1. The first kappa shape index (κ1) is 19.5. The van der Waals surface area contributed by atoms with Gasteiger partial charge >= 0.3 is 0 Å². The fourth-order valence-corrected chi connectivity index (χ4v) is 3.55. The van der Waals surface area contributed by atoms with Crippen molar-refractivity contribution in [3.8, 4) is 0 Å². The van der Waals surface area contributed by atoms with Gasteiger partial charge in [-0.15, -0.1) is 0 Å². The van der Waals surface area contributed by atoms with Crippen LogP contribution in [0.4, 0.5) is 0 Å². The van der Waals surface area contributed by atoms with E-state index in [1.54, 1.807) is 6.92 Å². The second-order valence-electron chi connectivity index (χ2n) is 7.03. The Labute approximate surface area is 160 Å². The second-order valence-corrected chi connectivity index (χ2v) is 7.03. The fourth-order valence-electron chi connectivity index (χ4n) is 3.55. The Kier molecular flexibility index (Phi) is 6.23. The molecule has 1 saturated heterocycles. The molecule has 2 aromatic heterocycles. The molecule has 146 valence electrons. The van der Waals surface area contributed by atoms with Gasteiger partial charge in [0.2, 0.25) is 5.76 Å². The van der Waals surface area contributed by atoms with E-state index in [0.29, 0.717) is 43.3 Å². The molecule has 0 bridgehead atoms. The first-order chi connectivity index (χ1) is 13.0. The highest BCUT2D eigenvalue weighted by molar-refractivity contribution is 5.92. The summed E-state index contributed by atoms with van der Waals surface area (Å²) in [5, 5.41) is 9.49. The van der Waals surface area contributed by atoms with E-state index >= 15 is 0 Å². The number of nitrogens with zero attached hydrogens (tertiary/aromatic N) is 4. The molecule has 3 heterocycles. The van der Waals surface area contributed by atoms with Gasteiger partial charge in [-0.1, -0.05) is 13.0 Å². The average molecular weight is 372 g/mol. The number of carbonyl (C=O) groups is 1. The maximum Gasteiger partial charge on any atom is 0.291 e. The summed E-state index contributed by atoms with van der Waals surface area (Å²) < 4.78 is 5.63. The molecular weight excluding hydrogens is 344 g/mol. The number of oxazole rings is 1. The molecule has 1 amide bonds. The zero-order valence-electron chi connectivity index (χ0n) is 16.3. The van der Waals surface area contributed by atoms with Crippen LogP contribution in [0, 0.1) is 13.8 Å². The molecule has 1 aliphatic heterocycles. The van der Waals surface area contributed by atoms with Gasteiger partial charge in [-0.3, -0.25) is 14.7 Å². The van der Waals surface area contributed by atoms with Gasteiger partial charge in [-0.25, -0.2) is 4.98 Å². The predicted molar refractivity (Wildman–Crippen MR) is 101 cm³/mol. The molecule has 1 atom stereocenters. The molecule has 0 aromatic carbocycles. The van der Waals surface area contributed by atoms with Gasteiger partial charge in [-0.2, -0.15) is 0 Å². The molecule has 0 saturated carbocycles. The number of aromatic nitrogens is 2. The summed E-state index contributed by atoms with van der Waals surface area (Å²) in [6, 6.07) is 6.10. The van der Waals surface area contributed by atoms with Gasteiger partial charge in [0, 0.05) is 50.9 Å². The van der Waals surface area contributed by atoms with Crippen LogP contribution in [0.1, 0.15) is 46.9 Å². The minimum absolute atomic E-state index is 0.0869. The lowest BCUT2D eigenvalue weighted by atomic mass is 10.1. The van der Waals surface area contributed by atoms with E-state index in [1.807, 2.05) is 36.9 Å². The van der Waals surface area contributed by atoms with E-state index in [4.69, 9.17) is 4.42 Å². The highest BCUT2D eigenvalue weighted by Gasteiger charge is 2.32. The first-order valence-electron chi connectivity index (χ1n) is 9.54. The van der Waals surface area contributed by atoms with Crippen LogP contribution in [0.25, 0.3) is 0 Å². The molecule has 1 unspecified atom stereocenters. The van der Waals surface area contributed by atoms with Gasteiger partial charge in [-0.05, 0) is 32.4 Å². The Morgan fingerprint density at radius 1 is 1.30 bits per heavy atom. The summed E-state index contributed by atoms with van der Waals surface area (Å²) >= 11 is 0. The molecule has 0 aliphatic carbocycles. The van der Waals surface area contributed by atoms with Crippen molar-refractivity contribution in [1.29, 1.82) is 0 Å². The minimum atomic E-state index is -0.115. The maximum atomic E-state index is 12.9. The molecule has 1 fully saturated rings. The van der Waals surface area contributed by atoms with Crippen molar-refractivity contribution in [3.63, 3.8) is 0 Å². The molecule has 2 aromatic rings. The van der Waals surface area contributed by atoms with Gasteiger partial charge in [0.05, 0.1) is 11.4 Å². The Bertz CT molecular complexity index is 789. The van der Waals surface area contributed by atoms with Crippen molar-refractivity contribution in [2.75, 3.05) is 26.2 Å². The number of hydrogen-bond donors (Lipinski definition) is 1. The van der Waals surface area contributed by atoms with Crippen LogP contribution in [0.3, 0.4) is 0 Å². The number of hydrogen-bond acceptors (Lipinski definition) is 6. The molecule has 0 spiro atoms. The number of aliphatic hydroxyl groups is 1. The third-order valence-electron chi connectivity index (χ3n) is 5.00. The molecule has 7 nitrogen and oxygen atoms in total. The van der Waals surface area contributed by atoms with Crippen molar-refractivity contribution < 1.29 is 14.3 Å². The summed E-state index contributed by atoms with van der Waals surface area (Å²) in [5.74, 6) is 0.811. The molecule has 0 radical (unpaired) electrons. The van der Waals surface area contributed by atoms with Gasteiger partial charge < -0.3 is 14.4 Å². The number of amides is 1. The standard InChI is InChI=1S/C20H28N4O3/c1-4-18-22-15(3)19(27-18)20(26)24-10-9-23(17(13-24)8-11-25)12-16-7-5-6-14(2)21-16/h5-7,17,25H,4,8-13H2,1-3H3. The van der Waals surface area contributed by atoms with Crippen LogP contribution in [0.2, 0.25) is 0 Å². The number of aliphatic hydroxyl groups excluding tert-OH is 1. The minimum Gasteiger partial charge on any atom is -0.435 e. The first-order valence-corrected chi connectivity index (χ1v) is 9.54. The number of aryl methyl sites for hydroxylation is 3. The molecule has 27 heavy (non-hydrogen) atoms. The molecule has 1 N–H and O–H groups in total. The van der Waals surface area contributed by atoms with Crippen molar-refractivity contribution in [3.05, 3.63) is 46.9 Å². The Morgan fingerprint density at radius 2 is 2.11 bits per heavy atom. The van der Waals surface area contributed by atoms with E-state index in [2.05, 4.69) is 14.9 Å². The van der Waals surface area contributed by atoms with E-state index in [9.17, 15) is 9.90 Å². The van der Waals surface area contributed by atoms with Crippen LogP contribution in [0.5, 0.6) is 0 Å². The molecule has 7 heteroatoms.